The number of aliphatic carboxylic acids is 1. The molecule has 6 heteroatoms. The number of amides is 1. The molecule has 0 aliphatic heterocycles. The standard InChI is InChI=1S/C11H16N2O3S/c1-8(2)5-13(4-3-10(14)15)11(16)9-6-17-7-12-9/h6-8H,3-5H2,1-2H3,(H,14,15). The lowest BCUT2D eigenvalue weighted by Crippen LogP contribution is -2.36. The molecule has 0 saturated heterocycles. The number of hydrogen-bond donors (Lipinski definition) is 1. The number of carboxylic acid groups (broad SMARTS) is 1. The molecule has 0 bridgehead atoms. The van der Waals surface area contributed by atoms with E-state index in [1.807, 2.05) is 13.8 Å². The van der Waals surface area contributed by atoms with Gasteiger partial charge in [-0.1, -0.05) is 13.8 Å². The van der Waals surface area contributed by atoms with E-state index in [9.17, 15) is 9.59 Å². The fourth-order valence-corrected chi connectivity index (χ4v) is 1.95. The Kier molecular flexibility index (Phi) is 5.09. The van der Waals surface area contributed by atoms with Crippen LogP contribution in [-0.4, -0.2) is 40.0 Å². The third-order valence-electron chi connectivity index (χ3n) is 2.12. The van der Waals surface area contributed by atoms with E-state index in [4.69, 9.17) is 5.11 Å². The predicted molar refractivity (Wildman–Crippen MR) is 65.1 cm³/mol. The highest BCUT2D eigenvalue weighted by atomic mass is 32.1. The van der Waals surface area contributed by atoms with Crippen LogP contribution in [0.4, 0.5) is 0 Å². The zero-order valence-electron chi connectivity index (χ0n) is 9.92. The molecule has 1 aromatic heterocycles. The second kappa shape index (κ2) is 6.34. The topological polar surface area (TPSA) is 70.5 Å². The van der Waals surface area contributed by atoms with Gasteiger partial charge >= 0.3 is 5.97 Å². The van der Waals surface area contributed by atoms with Gasteiger partial charge in [0.05, 0.1) is 11.9 Å². The van der Waals surface area contributed by atoms with Crippen molar-refractivity contribution in [1.82, 2.24) is 9.88 Å². The minimum atomic E-state index is -0.898. The zero-order chi connectivity index (χ0) is 12.8. The Balaban J connectivity index is 2.68. The molecule has 1 heterocycles. The molecule has 0 saturated carbocycles. The van der Waals surface area contributed by atoms with E-state index >= 15 is 0 Å². The van der Waals surface area contributed by atoms with E-state index in [1.165, 1.54) is 11.3 Å². The third-order valence-corrected chi connectivity index (χ3v) is 2.71. The smallest absolute Gasteiger partial charge is 0.305 e. The van der Waals surface area contributed by atoms with Gasteiger partial charge in [-0.05, 0) is 5.92 Å². The molecule has 1 N–H and O–H groups in total. The molecule has 0 radical (unpaired) electrons. The van der Waals surface area contributed by atoms with Gasteiger partial charge in [0.15, 0.2) is 0 Å². The summed E-state index contributed by atoms with van der Waals surface area (Å²) in [6.45, 7) is 4.75. The van der Waals surface area contributed by atoms with Crippen molar-refractivity contribution in [3.05, 3.63) is 16.6 Å². The fourth-order valence-electron chi connectivity index (χ4n) is 1.43. The Bertz CT molecular complexity index is 376. The molecular weight excluding hydrogens is 240 g/mol. The number of rotatable bonds is 6. The van der Waals surface area contributed by atoms with Gasteiger partial charge in [-0.3, -0.25) is 9.59 Å². The summed E-state index contributed by atoms with van der Waals surface area (Å²) in [5, 5.41) is 10.3. The number of carbonyl (C=O) groups is 2. The highest BCUT2D eigenvalue weighted by molar-refractivity contribution is 7.07. The maximum absolute atomic E-state index is 12.0. The van der Waals surface area contributed by atoms with Crippen LogP contribution in [0.1, 0.15) is 30.8 Å². The molecule has 1 rings (SSSR count). The van der Waals surface area contributed by atoms with Crippen molar-refractivity contribution in [1.29, 1.82) is 0 Å². The number of hydrogen-bond acceptors (Lipinski definition) is 4. The van der Waals surface area contributed by atoms with Gasteiger partial charge in [0, 0.05) is 18.5 Å². The molecule has 0 spiro atoms. The summed E-state index contributed by atoms with van der Waals surface area (Å²) in [4.78, 5) is 28.1. The van der Waals surface area contributed by atoms with Crippen LogP contribution in [0.25, 0.3) is 0 Å². The first-order valence-corrected chi connectivity index (χ1v) is 6.34. The average Bonchev–Trinajstić information content (AvgIpc) is 2.75. The summed E-state index contributed by atoms with van der Waals surface area (Å²) >= 11 is 1.35. The van der Waals surface area contributed by atoms with Crippen molar-refractivity contribution in [3.8, 4) is 0 Å². The number of aromatic nitrogens is 1. The van der Waals surface area contributed by atoms with Gasteiger partial charge in [0.2, 0.25) is 0 Å². The number of carboxylic acids is 1. The largest absolute Gasteiger partial charge is 0.481 e. The summed E-state index contributed by atoms with van der Waals surface area (Å²) in [5.74, 6) is -0.794. The van der Waals surface area contributed by atoms with Crippen molar-refractivity contribution < 1.29 is 14.7 Å². The van der Waals surface area contributed by atoms with Crippen molar-refractivity contribution in [2.75, 3.05) is 13.1 Å². The normalized spacial score (nSPS) is 10.5. The lowest BCUT2D eigenvalue weighted by Gasteiger charge is -2.23. The zero-order valence-corrected chi connectivity index (χ0v) is 10.7. The lowest BCUT2D eigenvalue weighted by molar-refractivity contribution is -0.137. The molecule has 17 heavy (non-hydrogen) atoms. The minimum Gasteiger partial charge on any atom is -0.481 e. The molecule has 1 aromatic rings. The summed E-state index contributed by atoms with van der Waals surface area (Å²) in [5.41, 5.74) is 1.99. The van der Waals surface area contributed by atoms with Gasteiger partial charge in [0.25, 0.3) is 5.91 Å². The van der Waals surface area contributed by atoms with Crippen LogP contribution in [0, 0.1) is 5.92 Å². The van der Waals surface area contributed by atoms with Gasteiger partial charge in [-0.25, -0.2) is 4.98 Å². The van der Waals surface area contributed by atoms with Crippen LogP contribution in [0.15, 0.2) is 10.9 Å². The maximum atomic E-state index is 12.0. The van der Waals surface area contributed by atoms with E-state index < -0.39 is 5.97 Å². The number of carbonyl (C=O) groups excluding carboxylic acids is 1. The lowest BCUT2D eigenvalue weighted by atomic mass is 10.2. The van der Waals surface area contributed by atoms with Gasteiger partial charge in [-0.2, -0.15) is 0 Å². The SMILES string of the molecule is CC(C)CN(CCC(=O)O)C(=O)c1cscn1. The van der Waals surface area contributed by atoms with Crippen LogP contribution in [-0.2, 0) is 4.79 Å². The molecule has 0 fully saturated rings. The van der Waals surface area contributed by atoms with Crippen LogP contribution in [0.2, 0.25) is 0 Å². The number of nitrogens with zero attached hydrogens (tertiary/aromatic N) is 2. The molecular formula is C11H16N2O3S. The number of thiazole rings is 1. The van der Waals surface area contributed by atoms with E-state index in [0.29, 0.717) is 18.2 Å². The Morgan fingerprint density at radius 3 is 2.71 bits per heavy atom. The second-order valence-corrected chi connectivity index (χ2v) is 4.88. The quantitative estimate of drug-likeness (QED) is 0.841. The Labute approximate surface area is 104 Å². The van der Waals surface area contributed by atoms with Crippen molar-refractivity contribution in [2.24, 2.45) is 5.92 Å². The summed E-state index contributed by atoms with van der Waals surface area (Å²) in [7, 11) is 0. The molecule has 0 unspecified atom stereocenters. The monoisotopic (exact) mass is 256 g/mol. The molecule has 0 atom stereocenters. The fraction of sp³-hybridized carbons (Fsp3) is 0.545. The highest BCUT2D eigenvalue weighted by Crippen LogP contribution is 2.09. The van der Waals surface area contributed by atoms with E-state index in [0.717, 1.165) is 0 Å². The van der Waals surface area contributed by atoms with Crippen molar-refractivity contribution >= 4 is 23.2 Å². The van der Waals surface area contributed by atoms with Crippen molar-refractivity contribution in [2.45, 2.75) is 20.3 Å². The second-order valence-electron chi connectivity index (χ2n) is 4.16. The van der Waals surface area contributed by atoms with E-state index in [-0.39, 0.29) is 18.9 Å². The molecule has 0 aliphatic carbocycles. The van der Waals surface area contributed by atoms with Gasteiger partial charge in [-0.15, -0.1) is 11.3 Å². The summed E-state index contributed by atoms with van der Waals surface area (Å²) in [6.07, 6.45) is -0.0391. The first-order valence-electron chi connectivity index (χ1n) is 5.40. The van der Waals surface area contributed by atoms with Crippen LogP contribution >= 0.6 is 11.3 Å². The van der Waals surface area contributed by atoms with Crippen LogP contribution < -0.4 is 0 Å². The predicted octanol–water partition coefficient (Wildman–Crippen LogP) is 1.72. The van der Waals surface area contributed by atoms with Crippen LogP contribution in [0.5, 0.6) is 0 Å². The average molecular weight is 256 g/mol. The van der Waals surface area contributed by atoms with E-state index in [1.54, 1.807) is 15.8 Å². The van der Waals surface area contributed by atoms with Gasteiger partial charge in [0.1, 0.15) is 5.69 Å². The first kappa shape index (κ1) is 13.6. The van der Waals surface area contributed by atoms with E-state index in [2.05, 4.69) is 4.98 Å². The van der Waals surface area contributed by atoms with Crippen molar-refractivity contribution in [3.63, 3.8) is 0 Å². The molecule has 0 aliphatic rings. The summed E-state index contributed by atoms with van der Waals surface area (Å²) < 4.78 is 0. The summed E-state index contributed by atoms with van der Waals surface area (Å²) in [6, 6.07) is 0. The Morgan fingerprint density at radius 1 is 1.53 bits per heavy atom. The first-order chi connectivity index (χ1) is 8.00. The third kappa shape index (κ3) is 4.52. The van der Waals surface area contributed by atoms with Crippen LogP contribution in [0.3, 0.4) is 0 Å². The highest BCUT2D eigenvalue weighted by Gasteiger charge is 2.19. The molecule has 5 nitrogen and oxygen atoms in total. The van der Waals surface area contributed by atoms with Gasteiger partial charge < -0.3 is 10.0 Å². The Morgan fingerprint density at radius 2 is 2.24 bits per heavy atom. The molecule has 94 valence electrons. The maximum Gasteiger partial charge on any atom is 0.305 e. The minimum absolute atomic E-state index is 0.0391. The molecule has 1 amide bonds. The Hall–Kier alpha value is -1.43. The molecule has 0 aromatic carbocycles.